The minimum absolute atomic E-state index is 0.0844. The van der Waals surface area contributed by atoms with Crippen LogP contribution in [0.5, 0.6) is 0 Å². The Hall–Kier alpha value is -1.43. The van der Waals surface area contributed by atoms with E-state index < -0.39 is 11.8 Å². The molecule has 59 valence electrons. The molecule has 1 aliphatic heterocycles. The Balaban J connectivity index is 2.47. The molecule has 0 aromatic rings. The highest BCUT2D eigenvalue weighted by molar-refractivity contribution is 6.00. The predicted octanol–water partition coefficient (Wildman–Crippen LogP) is -0.934. The van der Waals surface area contributed by atoms with Gasteiger partial charge < -0.3 is 0 Å². The average Bonchev–Trinajstić information content (AvgIpc) is 2.29. The summed E-state index contributed by atoms with van der Waals surface area (Å²) in [5.41, 5.74) is 0. The summed E-state index contributed by atoms with van der Waals surface area (Å²) < 4.78 is 0. The van der Waals surface area contributed by atoms with Gasteiger partial charge in [0.25, 0.3) is 11.8 Å². The Morgan fingerprint density at radius 1 is 1.27 bits per heavy atom. The summed E-state index contributed by atoms with van der Waals surface area (Å²) in [6, 6.07) is 0. The highest BCUT2D eigenvalue weighted by Crippen LogP contribution is 2.11. The predicted molar refractivity (Wildman–Crippen MR) is 29.0 cm³/mol. The molecule has 0 aromatic carbocycles. The maximum atomic E-state index is 10.7. The zero-order valence-corrected chi connectivity index (χ0v) is 5.40. The highest BCUT2D eigenvalue weighted by atomic mass is 17.3. The Labute approximate surface area is 61.5 Å². The lowest BCUT2D eigenvalue weighted by atomic mass is 10.4. The molecule has 0 bridgehead atoms. The first-order valence-electron chi connectivity index (χ1n) is 2.82. The lowest BCUT2D eigenvalue weighted by Crippen LogP contribution is -2.29. The summed E-state index contributed by atoms with van der Waals surface area (Å²) in [6.45, 7) is 0.917. The maximum Gasteiger partial charge on any atom is 0.455 e. The van der Waals surface area contributed by atoms with Crippen LogP contribution in [0.15, 0.2) is 0 Å². The first kappa shape index (κ1) is 7.67. The van der Waals surface area contributed by atoms with Crippen LogP contribution in [0, 0.1) is 0 Å². The van der Waals surface area contributed by atoms with E-state index in [2.05, 4.69) is 9.88 Å². The molecule has 1 rings (SSSR count). The van der Waals surface area contributed by atoms with Crippen LogP contribution in [-0.2, 0) is 24.3 Å². The van der Waals surface area contributed by atoms with Crippen molar-refractivity contribution >= 4 is 18.3 Å². The molecular weight excluding hydrogens is 154 g/mol. The van der Waals surface area contributed by atoms with Crippen molar-refractivity contribution in [3.05, 3.63) is 0 Å². The molecule has 0 saturated carbocycles. The summed E-state index contributed by atoms with van der Waals surface area (Å²) in [5, 5.41) is 0.394. The molecule has 1 saturated heterocycles. The SMILES string of the molecule is O=[C]OON1C(=O)CCC1=O. The van der Waals surface area contributed by atoms with E-state index in [-0.39, 0.29) is 12.8 Å². The average molecular weight is 158 g/mol. The fourth-order valence-corrected chi connectivity index (χ4v) is 0.692. The van der Waals surface area contributed by atoms with Crippen molar-refractivity contribution in [3.63, 3.8) is 0 Å². The second-order valence-electron chi connectivity index (χ2n) is 1.82. The van der Waals surface area contributed by atoms with Gasteiger partial charge in [0.05, 0.1) is 0 Å². The van der Waals surface area contributed by atoms with Crippen molar-refractivity contribution in [1.29, 1.82) is 0 Å². The van der Waals surface area contributed by atoms with E-state index in [1.54, 1.807) is 0 Å². The Morgan fingerprint density at radius 3 is 2.27 bits per heavy atom. The van der Waals surface area contributed by atoms with Crippen LogP contribution >= 0.6 is 0 Å². The van der Waals surface area contributed by atoms with Gasteiger partial charge in [-0.05, 0) is 4.99 Å². The summed E-state index contributed by atoms with van der Waals surface area (Å²) in [4.78, 5) is 38.4. The number of hydrogen-bond acceptors (Lipinski definition) is 5. The minimum atomic E-state index is -0.523. The van der Waals surface area contributed by atoms with Crippen LogP contribution in [0.4, 0.5) is 0 Å². The van der Waals surface area contributed by atoms with Gasteiger partial charge in [-0.3, -0.25) is 14.5 Å². The molecule has 1 aliphatic rings. The summed E-state index contributed by atoms with van der Waals surface area (Å²) in [6.07, 6.45) is 0.169. The Morgan fingerprint density at radius 2 is 1.82 bits per heavy atom. The fraction of sp³-hybridized carbons (Fsp3) is 0.400. The molecule has 1 fully saturated rings. The number of hydrogen-bond donors (Lipinski definition) is 0. The molecule has 6 nitrogen and oxygen atoms in total. The minimum Gasteiger partial charge on any atom is -0.272 e. The van der Waals surface area contributed by atoms with Crippen molar-refractivity contribution in [2.24, 2.45) is 0 Å². The van der Waals surface area contributed by atoms with E-state index in [0.29, 0.717) is 5.06 Å². The van der Waals surface area contributed by atoms with Crippen LogP contribution in [0.3, 0.4) is 0 Å². The van der Waals surface area contributed by atoms with Gasteiger partial charge in [-0.2, -0.15) is 0 Å². The van der Waals surface area contributed by atoms with Gasteiger partial charge in [-0.1, -0.05) is 0 Å². The quantitative estimate of drug-likeness (QED) is 0.301. The topological polar surface area (TPSA) is 72.9 Å². The highest BCUT2D eigenvalue weighted by Gasteiger charge is 2.31. The van der Waals surface area contributed by atoms with Gasteiger partial charge in [-0.15, -0.1) is 5.06 Å². The number of amides is 2. The smallest absolute Gasteiger partial charge is 0.272 e. The Bertz CT molecular complexity index is 185. The number of carbonyl (C=O) groups is 2. The molecule has 0 aromatic heterocycles. The van der Waals surface area contributed by atoms with Crippen LogP contribution in [0.25, 0.3) is 0 Å². The number of nitrogens with zero attached hydrogens (tertiary/aromatic N) is 1. The van der Waals surface area contributed by atoms with E-state index in [1.165, 1.54) is 0 Å². The first-order chi connectivity index (χ1) is 5.25. The van der Waals surface area contributed by atoms with Crippen molar-refractivity contribution in [1.82, 2.24) is 5.06 Å². The molecular formula is C5H4NO5. The van der Waals surface area contributed by atoms with Crippen LogP contribution in [0.1, 0.15) is 12.8 Å². The van der Waals surface area contributed by atoms with E-state index in [0.717, 1.165) is 6.47 Å². The second kappa shape index (κ2) is 3.11. The van der Waals surface area contributed by atoms with Crippen LogP contribution < -0.4 is 0 Å². The second-order valence-corrected chi connectivity index (χ2v) is 1.82. The van der Waals surface area contributed by atoms with Crippen molar-refractivity contribution in [3.8, 4) is 0 Å². The van der Waals surface area contributed by atoms with Crippen molar-refractivity contribution in [2.75, 3.05) is 0 Å². The molecule has 0 spiro atoms. The lowest BCUT2D eigenvalue weighted by molar-refractivity contribution is -0.343. The third kappa shape index (κ3) is 1.53. The molecule has 0 unspecified atom stereocenters. The monoisotopic (exact) mass is 158 g/mol. The van der Waals surface area contributed by atoms with Gasteiger partial charge in [-0.25, -0.2) is 4.79 Å². The van der Waals surface area contributed by atoms with Gasteiger partial charge >= 0.3 is 6.47 Å². The zero-order valence-electron chi connectivity index (χ0n) is 5.40. The third-order valence-electron chi connectivity index (χ3n) is 1.15. The van der Waals surface area contributed by atoms with Crippen LogP contribution in [-0.4, -0.2) is 23.3 Å². The molecule has 2 amide bonds. The third-order valence-corrected chi connectivity index (χ3v) is 1.15. The Kier molecular flexibility index (Phi) is 2.17. The normalized spacial score (nSPS) is 17.3. The summed E-state index contributed by atoms with van der Waals surface area (Å²) in [7, 11) is 0. The lowest BCUT2D eigenvalue weighted by Gasteiger charge is -2.06. The van der Waals surface area contributed by atoms with Crippen molar-refractivity contribution < 1.29 is 24.3 Å². The van der Waals surface area contributed by atoms with Gasteiger partial charge in [0.1, 0.15) is 0 Å². The molecule has 6 heteroatoms. The first-order valence-corrected chi connectivity index (χ1v) is 2.82. The maximum absolute atomic E-state index is 10.7. The summed E-state index contributed by atoms with van der Waals surface area (Å²) in [5.74, 6) is -1.05. The van der Waals surface area contributed by atoms with Crippen molar-refractivity contribution in [2.45, 2.75) is 12.8 Å². The standard InChI is InChI=1S/C5H4NO5/c7-3-10-11-6-4(8)1-2-5(6)9/h1-2H2. The zero-order chi connectivity index (χ0) is 8.27. The number of hydroxylamine groups is 2. The van der Waals surface area contributed by atoms with E-state index in [4.69, 9.17) is 0 Å². The fourth-order valence-electron chi connectivity index (χ4n) is 0.692. The van der Waals surface area contributed by atoms with Gasteiger partial charge in [0.2, 0.25) is 0 Å². The van der Waals surface area contributed by atoms with Gasteiger partial charge in [0, 0.05) is 12.8 Å². The summed E-state index contributed by atoms with van der Waals surface area (Å²) >= 11 is 0. The number of carbonyl (C=O) groups excluding carboxylic acids is 3. The van der Waals surface area contributed by atoms with E-state index in [1.807, 2.05) is 0 Å². The number of rotatable bonds is 3. The molecule has 0 atom stereocenters. The molecule has 1 heterocycles. The molecule has 0 N–H and O–H groups in total. The largest absolute Gasteiger partial charge is 0.455 e. The molecule has 11 heavy (non-hydrogen) atoms. The van der Waals surface area contributed by atoms with E-state index in [9.17, 15) is 14.4 Å². The molecule has 1 radical (unpaired) electrons. The van der Waals surface area contributed by atoms with E-state index >= 15 is 0 Å². The molecule has 0 aliphatic carbocycles. The van der Waals surface area contributed by atoms with Crippen LogP contribution in [0.2, 0.25) is 0 Å². The number of imide groups is 1. The van der Waals surface area contributed by atoms with Gasteiger partial charge in [0.15, 0.2) is 0 Å².